The standard InChI is InChI=1S/C26H38O6/c1-14(27)16-10-11-23(5)18-12-21(32-15(2)28)26(31)17(8-9-19(29)22(26,3)4)25(18,7)20(30)13-24(16,23)6/h16-18,21,31H,8-13H2,1-7H3/t16-,17+,18-,21-,23+,24-,25+,26+/m1/s1. The maximum absolute atomic E-state index is 14.0. The van der Waals surface area contributed by atoms with Gasteiger partial charge in [-0.2, -0.15) is 0 Å². The molecule has 4 saturated carbocycles. The smallest absolute Gasteiger partial charge is 0.303 e. The van der Waals surface area contributed by atoms with E-state index in [0.29, 0.717) is 25.7 Å². The average molecular weight is 447 g/mol. The number of ether oxygens (including phenoxy) is 1. The first-order valence-corrected chi connectivity index (χ1v) is 12.0. The summed E-state index contributed by atoms with van der Waals surface area (Å²) in [5.74, 6) is -1.17. The summed E-state index contributed by atoms with van der Waals surface area (Å²) in [6.07, 6.45) is 2.03. The quantitative estimate of drug-likeness (QED) is 0.650. The Labute approximate surface area is 190 Å². The highest BCUT2D eigenvalue weighted by Gasteiger charge is 2.77. The van der Waals surface area contributed by atoms with Gasteiger partial charge in [-0.05, 0) is 63.2 Å². The molecule has 8 atom stereocenters. The molecule has 0 spiro atoms. The van der Waals surface area contributed by atoms with Crippen LogP contribution in [0.1, 0.15) is 87.0 Å². The van der Waals surface area contributed by atoms with E-state index in [9.17, 15) is 24.3 Å². The number of carbonyl (C=O) groups excluding carboxylic acids is 4. The van der Waals surface area contributed by atoms with Gasteiger partial charge >= 0.3 is 5.97 Å². The van der Waals surface area contributed by atoms with Gasteiger partial charge in [0.05, 0.1) is 5.41 Å². The minimum absolute atomic E-state index is 0.0627. The molecule has 1 N–H and O–H groups in total. The van der Waals surface area contributed by atoms with Crippen molar-refractivity contribution in [2.24, 2.45) is 39.4 Å². The summed E-state index contributed by atoms with van der Waals surface area (Å²) in [7, 11) is 0. The van der Waals surface area contributed by atoms with Crippen molar-refractivity contribution >= 4 is 23.3 Å². The van der Waals surface area contributed by atoms with E-state index in [-0.39, 0.29) is 34.6 Å². The molecule has 0 unspecified atom stereocenters. The summed E-state index contributed by atoms with van der Waals surface area (Å²) in [5.41, 5.74) is -4.36. The lowest BCUT2D eigenvalue weighted by atomic mass is 9.35. The van der Waals surface area contributed by atoms with Crippen LogP contribution >= 0.6 is 0 Å². The Morgan fingerprint density at radius 3 is 2.12 bits per heavy atom. The van der Waals surface area contributed by atoms with Crippen molar-refractivity contribution in [3.05, 3.63) is 0 Å². The van der Waals surface area contributed by atoms with Crippen molar-refractivity contribution < 1.29 is 29.0 Å². The van der Waals surface area contributed by atoms with E-state index in [1.807, 2.05) is 6.92 Å². The lowest BCUT2D eigenvalue weighted by Gasteiger charge is -2.69. The van der Waals surface area contributed by atoms with Crippen molar-refractivity contribution in [2.75, 3.05) is 0 Å². The summed E-state index contributed by atoms with van der Waals surface area (Å²) in [5, 5.41) is 12.2. The van der Waals surface area contributed by atoms with E-state index >= 15 is 0 Å². The van der Waals surface area contributed by atoms with E-state index in [2.05, 4.69) is 13.8 Å². The first-order chi connectivity index (χ1) is 14.6. The van der Waals surface area contributed by atoms with E-state index in [1.54, 1.807) is 20.8 Å². The highest BCUT2D eigenvalue weighted by Crippen LogP contribution is 2.74. The molecule has 178 valence electrons. The molecule has 6 nitrogen and oxygen atoms in total. The van der Waals surface area contributed by atoms with Gasteiger partial charge in [0.25, 0.3) is 0 Å². The number of hydrogen-bond acceptors (Lipinski definition) is 6. The largest absolute Gasteiger partial charge is 0.459 e. The molecule has 0 amide bonds. The number of rotatable bonds is 2. The van der Waals surface area contributed by atoms with Crippen LogP contribution in [-0.4, -0.2) is 40.1 Å². The molecule has 0 aliphatic heterocycles. The molecule has 6 heteroatoms. The molecule has 0 heterocycles. The van der Waals surface area contributed by atoms with Crippen LogP contribution in [0.25, 0.3) is 0 Å². The summed E-state index contributed by atoms with van der Waals surface area (Å²) < 4.78 is 5.76. The molecule has 4 aliphatic rings. The van der Waals surface area contributed by atoms with Crippen molar-refractivity contribution in [1.82, 2.24) is 0 Å². The summed E-state index contributed by atoms with van der Waals surface area (Å²) in [6.45, 7) is 12.6. The van der Waals surface area contributed by atoms with Crippen molar-refractivity contribution in [3.63, 3.8) is 0 Å². The minimum atomic E-state index is -1.61. The molecule has 0 radical (unpaired) electrons. The van der Waals surface area contributed by atoms with E-state index in [1.165, 1.54) is 6.92 Å². The van der Waals surface area contributed by atoms with E-state index in [4.69, 9.17) is 4.74 Å². The van der Waals surface area contributed by atoms with Gasteiger partial charge in [-0.1, -0.05) is 20.8 Å². The fourth-order valence-electron chi connectivity index (χ4n) is 8.90. The molecular formula is C26H38O6. The summed E-state index contributed by atoms with van der Waals surface area (Å²) in [6, 6.07) is 0. The zero-order valence-corrected chi connectivity index (χ0v) is 20.5. The Morgan fingerprint density at radius 2 is 1.56 bits per heavy atom. The van der Waals surface area contributed by atoms with Crippen LogP contribution in [0.2, 0.25) is 0 Å². The maximum atomic E-state index is 14.0. The molecule has 0 aromatic carbocycles. The lowest BCUT2D eigenvalue weighted by molar-refractivity contribution is -0.277. The molecule has 32 heavy (non-hydrogen) atoms. The number of aliphatic hydroxyl groups is 1. The number of fused-ring (bicyclic) bond motifs is 5. The first kappa shape index (κ1) is 23.6. The number of carbonyl (C=O) groups is 4. The second-order valence-corrected chi connectivity index (χ2v) is 12.3. The third-order valence-electron chi connectivity index (χ3n) is 11.0. The molecule has 4 rings (SSSR count). The second kappa shape index (κ2) is 6.74. The predicted molar refractivity (Wildman–Crippen MR) is 117 cm³/mol. The van der Waals surface area contributed by atoms with Crippen molar-refractivity contribution in [1.29, 1.82) is 0 Å². The van der Waals surface area contributed by atoms with Crippen LogP contribution in [0.5, 0.6) is 0 Å². The first-order valence-electron chi connectivity index (χ1n) is 12.0. The molecule has 0 saturated heterocycles. The predicted octanol–water partition coefficient (Wildman–Crippen LogP) is 3.67. The van der Waals surface area contributed by atoms with Crippen LogP contribution in [0.15, 0.2) is 0 Å². The van der Waals surface area contributed by atoms with Crippen molar-refractivity contribution in [3.8, 4) is 0 Å². The van der Waals surface area contributed by atoms with Gasteiger partial charge < -0.3 is 9.84 Å². The third kappa shape index (κ3) is 2.51. The van der Waals surface area contributed by atoms with Gasteiger partial charge in [0.15, 0.2) is 0 Å². The van der Waals surface area contributed by atoms with Gasteiger partial charge in [-0.25, -0.2) is 0 Å². The average Bonchev–Trinajstić information content (AvgIpc) is 2.93. The monoisotopic (exact) mass is 446 g/mol. The zero-order chi connectivity index (χ0) is 24.1. The van der Waals surface area contributed by atoms with Crippen LogP contribution in [0.3, 0.4) is 0 Å². The van der Waals surface area contributed by atoms with Crippen molar-refractivity contribution in [2.45, 2.75) is 98.7 Å². The maximum Gasteiger partial charge on any atom is 0.303 e. The van der Waals surface area contributed by atoms with Gasteiger partial charge in [-0.3, -0.25) is 19.2 Å². The Balaban J connectivity index is 1.91. The minimum Gasteiger partial charge on any atom is -0.459 e. The fraction of sp³-hybridized carbons (Fsp3) is 0.846. The Morgan fingerprint density at radius 1 is 0.938 bits per heavy atom. The van der Waals surface area contributed by atoms with E-state index < -0.39 is 39.8 Å². The second-order valence-electron chi connectivity index (χ2n) is 12.3. The lowest BCUT2D eigenvalue weighted by Crippen LogP contribution is -2.76. The topological polar surface area (TPSA) is 97.7 Å². The van der Waals surface area contributed by atoms with Crippen LogP contribution in [-0.2, 0) is 23.9 Å². The molecular weight excluding hydrogens is 408 g/mol. The normalized spacial score (nSPS) is 49.6. The highest BCUT2D eigenvalue weighted by atomic mass is 16.6. The molecule has 0 bridgehead atoms. The fourth-order valence-corrected chi connectivity index (χ4v) is 8.90. The SMILES string of the molecule is CC(=O)O[C@@H]1C[C@H]2[C@@](C)(C(=O)C[C@]3(C)[C@@H](C(C)=O)CC[C@@]23C)[C@@H]2CCC(=O)C(C)(C)[C@@]12O. The number of ketones is 3. The molecule has 4 aliphatic carbocycles. The Kier molecular flexibility index (Phi) is 4.97. The number of hydrogen-bond donors (Lipinski definition) is 1. The highest BCUT2D eigenvalue weighted by molar-refractivity contribution is 5.92. The van der Waals surface area contributed by atoms with Crippen LogP contribution in [0, 0.1) is 39.4 Å². The van der Waals surface area contributed by atoms with Gasteiger partial charge in [0.2, 0.25) is 0 Å². The number of esters is 1. The molecule has 4 fully saturated rings. The molecule has 0 aromatic rings. The van der Waals surface area contributed by atoms with E-state index in [0.717, 1.165) is 12.8 Å². The Bertz CT molecular complexity index is 906. The van der Waals surface area contributed by atoms with Gasteiger partial charge in [0, 0.05) is 37.0 Å². The van der Waals surface area contributed by atoms with Gasteiger partial charge in [0.1, 0.15) is 29.1 Å². The summed E-state index contributed by atoms with van der Waals surface area (Å²) >= 11 is 0. The Hall–Kier alpha value is -1.56. The summed E-state index contributed by atoms with van der Waals surface area (Å²) in [4.78, 5) is 51.6. The molecule has 0 aromatic heterocycles. The zero-order valence-electron chi connectivity index (χ0n) is 20.5. The van der Waals surface area contributed by atoms with Gasteiger partial charge in [-0.15, -0.1) is 0 Å². The third-order valence-corrected chi connectivity index (χ3v) is 11.0. The van der Waals surface area contributed by atoms with Crippen LogP contribution < -0.4 is 0 Å². The number of Topliss-reactive ketones (excluding diaryl/α,β-unsaturated/α-hetero) is 3. The van der Waals surface area contributed by atoms with Crippen LogP contribution in [0.4, 0.5) is 0 Å².